The van der Waals surface area contributed by atoms with Gasteiger partial charge in [0.05, 0.1) is 28.6 Å². The summed E-state index contributed by atoms with van der Waals surface area (Å²) in [4.78, 5) is 39.0. The number of hydrogen-bond donors (Lipinski definition) is 1. The second-order valence-electron chi connectivity index (χ2n) is 10.8. The lowest BCUT2D eigenvalue weighted by Gasteiger charge is -2.27. The van der Waals surface area contributed by atoms with Gasteiger partial charge in [-0.2, -0.15) is 0 Å². The molecular formula is C29H36N6O4S. The van der Waals surface area contributed by atoms with Gasteiger partial charge in [-0.05, 0) is 68.5 Å². The molecule has 5 rings (SSSR count). The molecule has 1 aromatic carbocycles. The van der Waals surface area contributed by atoms with Crippen LogP contribution >= 0.6 is 0 Å². The minimum atomic E-state index is -2.95. The number of fused-ring (bicyclic) bond motifs is 1. The molecule has 0 aliphatic carbocycles. The summed E-state index contributed by atoms with van der Waals surface area (Å²) >= 11 is 0. The summed E-state index contributed by atoms with van der Waals surface area (Å²) in [6.07, 6.45) is 5.64. The molecule has 40 heavy (non-hydrogen) atoms. The predicted octanol–water partition coefficient (Wildman–Crippen LogP) is 3.27. The van der Waals surface area contributed by atoms with Gasteiger partial charge in [-0.3, -0.25) is 24.8 Å². The van der Waals surface area contributed by atoms with E-state index in [1.807, 2.05) is 24.8 Å². The van der Waals surface area contributed by atoms with E-state index < -0.39 is 9.84 Å². The van der Waals surface area contributed by atoms with Gasteiger partial charge in [0.2, 0.25) is 11.9 Å². The molecule has 2 aliphatic heterocycles. The summed E-state index contributed by atoms with van der Waals surface area (Å²) in [6, 6.07) is 7.47. The number of amides is 2. The lowest BCUT2D eigenvalue weighted by molar-refractivity contribution is -0.126. The van der Waals surface area contributed by atoms with Crippen molar-refractivity contribution in [2.75, 3.05) is 43.0 Å². The number of benzene rings is 1. The quantitative estimate of drug-likeness (QED) is 0.457. The first-order valence-electron chi connectivity index (χ1n) is 13.7. The van der Waals surface area contributed by atoms with Crippen LogP contribution in [0.1, 0.15) is 52.5 Å². The molecule has 0 bridgehead atoms. The highest BCUT2D eigenvalue weighted by atomic mass is 32.2. The van der Waals surface area contributed by atoms with Crippen molar-refractivity contribution in [3.05, 3.63) is 65.5 Å². The summed E-state index contributed by atoms with van der Waals surface area (Å²) in [7, 11) is -2.95. The molecule has 2 aromatic heterocycles. The predicted molar refractivity (Wildman–Crippen MR) is 155 cm³/mol. The summed E-state index contributed by atoms with van der Waals surface area (Å²) < 4.78 is 25.8. The van der Waals surface area contributed by atoms with Crippen LogP contribution in [0.3, 0.4) is 0 Å². The first kappa shape index (κ1) is 28.0. The van der Waals surface area contributed by atoms with Gasteiger partial charge in [0.15, 0.2) is 9.84 Å². The number of likely N-dealkylation sites (tertiary alicyclic amines) is 1. The molecule has 2 amide bonds. The van der Waals surface area contributed by atoms with Crippen molar-refractivity contribution in [3.8, 4) is 0 Å². The maximum absolute atomic E-state index is 13.3. The highest BCUT2D eigenvalue weighted by molar-refractivity contribution is 7.91. The molecule has 2 aliphatic rings. The number of sulfone groups is 1. The first-order valence-corrected chi connectivity index (χ1v) is 15.6. The molecule has 1 N–H and O–H groups in total. The van der Waals surface area contributed by atoms with E-state index in [9.17, 15) is 18.0 Å². The van der Waals surface area contributed by atoms with Crippen molar-refractivity contribution in [3.63, 3.8) is 0 Å². The third kappa shape index (κ3) is 6.10. The Bertz CT molecular complexity index is 1550. The van der Waals surface area contributed by atoms with Crippen LogP contribution < -0.4 is 5.32 Å². The highest BCUT2D eigenvalue weighted by Crippen LogP contribution is 2.33. The largest absolute Gasteiger partial charge is 0.337 e. The maximum Gasteiger partial charge on any atom is 0.258 e. The number of rotatable bonds is 6. The highest BCUT2D eigenvalue weighted by Gasteiger charge is 2.28. The van der Waals surface area contributed by atoms with Crippen molar-refractivity contribution in [1.82, 2.24) is 24.3 Å². The summed E-state index contributed by atoms with van der Waals surface area (Å²) in [5, 5.41) is 3.04. The fourth-order valence-corrected chi connectivity index (χ4v) is 7.01. The number of carbonyl (C=O) groups excluding carboxylic acids is 2. The van der Waals surface area contributed by atoms with E-state index in [4.69, 9.17) is 4.98 Å². The number of anilines is 1. The van der Waals surface area contributed by atoms with E-state index in [1.54, 1.807) is 18.3 Å². The Morgan fingerprint density at radius 2 is 1.90 bits per heavy atom. The average molecular weight is 565 g/mol. The Hall–Kier alpha value is -3.57. The van der Waals surface area contributed by atoms with Crippen molar-refractivity contribution in [2.24, 2.45) is 0 Å². The molecular weight excluding hydrogens is 528 g/mol. The van der Waals surface area contributed by atoms with E-state index in [1.165, 1.54) is 6.08 Å². The monoisotopic (exact) mass is 564 g/mol. The molecule has 2 fully saturated rings. The minimum absolute atomic E-state index is 0.0808. The van der Waals surface area contributed by atoms with Crippen molar-refractivity contribution >= 4 is 38.6 Å². The van der Waals surface area contributed by atoms with Crippen LogP contribution in [-0.4, -0.2) is 82.3 Å². The second kappa shape index (κ2) is 11.5. The molecule has 10 nitrogen and oxygen atoms in total. The van der Waals surface area contributed by atoms with Gasteiger partial charge in [0.25, 0.3) is 5.91 Å². The number of nitrogens with zero attached hydrogens (tertiary/aromatic N) is 5. The van der Waals surface area contributed by atoms with Gasteiger partial charge >= 0.3 is 0 Å². The summed E-state index contributed by atoms with van der Waals surface area (Å²) in [5.74, 6) is 0.417. The zero-order valence-electron chi connectivity index (χ0n) is 23.1. The second-order valence-corrected chi connectivity index (χ2v) is 13.1. The number of carbonyl (C=O) groups is 2. The van der Waals surface area contributed by atoms with Crippen molar-refractivity contribution in [2.45, 2.75) is 45.7 Å². The Balaban J connectivity index is 1.53. The van der Waals surface area contributed by atoms with Gasteiger partial charge < -0.3 is 9.47 Å². The van der Waals surface area contributed by atoms with Gasteiger partial charge in [0, 0.05) is 50.2 Å². The molecule has 2 saturated heterocycles. The molecule has 1 atom stereocenters. The first-order chi connectivity index (χ1) is 19.1. The van der Waals surface area contributed by atoms with E-state index in [0.717, 1.165) is 47.1 Å². The lowest BCUT2D eigenvalue weighted by atomic mass is 10.1. The normalized spacial score (nSPS) is 19.8. The SMILES string of the molecule is C=CC(=O)N1CCCC[C@@H](n2c(NC(=O)c3ccnc(C)c3)nc3cc(CN4CCS(=O)(=O)CC4)cc(C)c32)C1. The molecule has 0 unspecified atom stereocenters. The number of aromatic nitrogens is 3. The smallest absolute Gasteiger partial charge is 0.258 e. The number of hydrogen-bond acceptors (Lipinski definition) is 7. The molecule has 0 radical (unpaired) electrons. The Labute approximate surface area is 235 Å². The van der Waals surface area contributed by atoms with Gasteiger partial charge in [-0.25, -0.2) is 13.4 Å². The van der Waals surface area contributed by atoms with E-state index in [-0.39, 0.29) is 29.4 Å². The molecule has 0 spiro atoms. The van der Waals surface area contributed by atoms with Crippen LogP contribution in [0.5, 0.6) is 0 Å². The third-order valence-electron chi connectivity index (χ3n) is 7.76. The van der Waals surface area contributed by atoms with Crippen LogP contribution in [0.4, 0.5) is 5.95 Å². The lowest BCUT2D eigenvalue weighted by Crippen LogP contribution is -2.39. The fraction of sp³-hybridized carbons (Fsp3) is 0.448. The minimum Gasteiger partial charge on any atom is -0.337 e. The zero-order valence-corrected chi connectivity index (χ0v) is 23.9. The number of pyridine rings is 1. The molecule has 4 heterocycles. The maximum atomic E-state index is 13.3. The van der Waals surface area contributed by atoms with E-state index in [2.05, 4.69) is 32.4 Å². The third-order valence-corrected chi connectivity index (χ3v) is 9.37. The van der Waals surface area contributed by atoms with Crippen molar-refractivity contribution in [1.29, 1.82) is 0 Å². The van der Waals surface area contributed by atoms with Gasteiger partial charge in [-0.1, -0.05) is 12.6 Å². The standard InChI is InChI=1S/C29H36N6O4S/c1-4-26(36)34-10-6-5-7-24(19-34)35-27-20(2)15-22(18-33-11-13-40(38,39)14-12-33)17-25(27)31-29(35)32-28(37)23-8-9-30-21(3)16-23/h4,8-9,15-17,24H,1,5-7,10-14,18-19H2,2-3H3,(H,31,32,37)/t24-/m1/s1. The number of imidazole rings is 1. The van der Waals surface area contributed by atoms with E-state index >= 15 is 0 Å². The Morgan fingerprint density at radius 3 is 2.62 bits per heavy atom. The van der Waals surface area contributed by atoms with Crippen LogP contribution in [0, 0.1) is 13.8 Å². The number of aryl methyl sites for hydroxylation is 2. The van der Waals surface area contributed by atoms with Gasteiger partial charge in [-0.15, -0.1) is 0 Å². The summed E-state index contributed by atoms with van der Waals surface area (Å²) in [5.41, 5.74) is 4.97. The molecule has 0 saturated carbocycles. The topological polar surface area (TPSA) is 118 Å². The fourth-order valence-electron chi connectivity index (χ4n) is 5.73. The molecule has 3 aromatic rings. The average Bonchev–Trinajstić information content (AvgIpc) is 3.10. The molecule has 11 heteroatoms. The summed E-state index contributed by atoms with van der Waals surface area (Å²) in [6.45, 7) is 10.4. The van der Waals surface area contributed by atoms with Gasteiger partial charge in [0.1, 0.15) is 0 Å². The number of nitrogens with one attached hydrogen (secondary N) is 1. The van der Waals surface area contributed by atoms with Crippen LogP contribution in [0.25, 0.3) is 11.0 Å². The Morgan fingerprint density at radius 1 is 1.12 bits per heavy atom. The van der Waals surface area contributed by atoms with Crippen LogP contribution in [0.2, 0.25) is 0 Å². The Kier molecular flexibility index (Phi) is 8.04. The van der Waals surface area contributed by atoms with Crippen LogP contribution in [0.15, 0.2) is 43.1 Å². The molecule has 212 valence electrons. The van der Waals surface area contributed by atoms with Crippen LogP contribution in [-0.2, 0) is 21.2 Å². The zero-order chi connectivity index (χ0) is 28.4. The van der Waals surface area contributed by atoms with Crippen molar-refractivity contribution < 1.29 is 18.0 Å². The van der Waals surface area contributed by atoms with E-state index in [0.29, 0.717) is 44.2 Å².